The molecule has 1 fully saturated rings. The van der Waals surface area contributed by atoms with Crippen LogP contribution in [0, 0.1) is 0 Å². The van der Waals surface area contributed by atoms with Crippen molar-refractivity contribution in [3.8, 4) is 0 Å². The zero-order valence-corrected chi connectivity index (χ0v) is 11.2. The first-order valence-electron chi connectivity index (χ1n) is 5.31. The van der Waals surface area contributed by atoms with Gasteiger partial charge in [0.15, 0.2) is 8.32 Å². The second kappa shape index (κ2) is 4.13. The highest BCUT2D eigenvalue weighted by molar-refractivity contribution is 6.74. The lowest BCUT2D eigenvalue weighted by Gasteiger charge is -2.36. The molecule has 0 saturated carbocycles. The van der Waals surface area contributed by atoms with Crippen molar-refractivity contribution in [1.82, 2.24) is 5.32 Å². The smallest absolute Gasteiger partial charge is 0.407 e. The number of hydrogen-bond donors (Lipinski definition) is 1. The summed E-state index contributed by atoms with van der Waals surface area (Å²) in [5, 5.41) is 2.82. The van der Waals surface area contributed by atoms with Crippen molar-refractivity contribution in [2.45, 2.75) is 45.0 Å². The minimum atomic E-state index is -1.71. The van der Waals surface area contributed by atoms with E-state index in [1.165, 1.54) is 0 Å². The molecule has 1 rings (SSSR count). The first-order chi connectivity index (χ1) is 6.72. The van der Waals surface area contributed by atoms with Crippen LogP contribution in [0.2, 0.25) is 18.1 Å². The van der Waals surface area contributed by atoms with Crippen LogP contribution in [0.1, 0.15) is 20.8 Å². The number of carbonyl (C=O) groups excluding carboxylic acids is 1. The van der Waals surface area contributed by atoms with Gasteiger partial charge in [-0.1, -0.05) is 20.8 Å². The molecule has 5 heteroatoms. The molecule has 88 valence electrons. The van der Waals surface area contributed by atoms with Gasteiger partial charge in [-0.15, -0.1) is 0 Å². The van der Waals surface area contributed by atoms with E-state index in [4.69, 9.17) is 9.16 Å². The number of hydrogen-bond acceptors (Lipinski definition) is 3. The SMILES string of the molecule is CC(C)(C)[Si](C)(C)OCC1CNC(=O)O1. The molecule has 1 heterocycles. The highest BCUT2D eigenvalue weighted by Crippen LogP contribution is 2.36. The van der Waals surface area contributed by atoms with Gasteiger partial charge in [0.2, 0.25) is 0 Å². The lowest BCUT2D eigenvalue weighted by molar-refractivity contribution is 0.0994. The lowest BCUT2D eigenvalue weighted by Crippen LogP contribution is -2.43. The summed E-state index contributed by atoms with van der Waals surface area (Å²) in [6, 6.07) is 0. The molecule has 15 heavy (non-hydrogen) atoms. The molecule has 0 radical (unpaired) electrons. The quantitative estimate of drug-likeness (QED) is 0.757. The molecule has 1 atom stereocenters. The molecule has 0 spiro atoms. The number of rotatable bonds is 3. The summed E-state index contributed by atoms with van der Waals surface area (Å²) in [6.45, 7) is 12.0. The summed E-state index contributed by atoms with van der Waals surface area (Å²) in [6.07, 6.45) is -0.453. The van der Waals surface area contributed by atoms with E-state index < -0.39 is 8.32 Å². The Morgan fingerprint density at radius 3 is 2.53 bits per heavy atom. The van der Waals surface area contributed by atoms with E-state index in [1.807, 2.05) is 0 Å². The van der Waals surface area contributed by atoms with E-state index >= 15 is 0 Å². The Bertz CT molecular complexity index is 248. The molecule has 1 unspecified atom stereocenters. The fraction of sp³-hybridized carbons (Fsp3) is 0.900. The number of carbonyl (C=O) groups is 1. The Morgan fingerprint density at radius 2 is 2.13 bits per heavy atom. The molecule has 0 aromatic rings. The largest absolute Gasteiger partial charge is 0.442 e. The van der Waals surface area contributed by atoms with Crippen LogP contribution in [0.5, 0.6) is 0 Å². The van der Waals surface area contributed by atoms with Crippen LogP contribution in [-0.2, 0) is 9.16 Å². The van der Waals surface area contributed by atoms with Crippen LogP contribution in [0.4, 0.5) is 4.79 Å². The first kappa shape index (κ1) is 12.5. The van der Waals surface area contributed by atoms with Gasteiger partial charge in [0.1, 0.15) is 6.10 Å². The molecule has 1 N–H and O–H groups in total. The van der Waals surface area contributed by atoms with Crippen molar-refractivity contribution < 1.29 is 14.0 Å². The van der Waals surface area contributed by atoms with Crippen LogP contribution in [-0.4, -0.2) is 33.7 Å². The second-order valence-electron chi connectivity index (χ2n) is 5.48. The van der Waals surface area contributed by atoms with Crippen LogP contribution in [0.3, 0.4) is 0 Å². The van der Waals surface area contributed by atoms with Gasteiger partial charge in [-0.25, -0.2) is 4.79 Å². The Labute approximate surface area is 92.5 Å². The van der Waals surface area contributed by atoms with Gasteiger partial charge in [-0.05, 0) is 18.1 Å². The van der Waals surface area contributed by atoms with E-state index in [2.05, 4.69) is 39.2 Å². The molecule has 1 saturated heterocycles. The van der Waals surface area contributed by atoms with Crippen LogP contribution >= 0.6 is 0 Å². The normalized spacial score (nSPS) is 22.5. The van der Waals surface area contributed by atoms with Gasteiger partial charge in [-0.3, -0.25) is 0 Å². The molecule has 1 aliphatic heterocycles. The second-order valence-corrected chi connectivity index (χ2v) is 10.3. The van der Waals surface area contributed by atoms with E-state index in [-0.39, 0.29) is 17.2 Å². The molecule has 1 amide bonds. The summed E-state index contributed by atoms with van der Waals surface area (Å²) < 4.78 is 11.0. The highest BCUT2D eigenvalue weighted by Gasteiger charge is 2.38. The fourth-order valence-corrected chi connectivity index (χ4v) is 2.08. The minimum absolute atomic E-state index is 0.119. The van der Waals surface area contributed by atoms with Crippen molar-refractivity contribution in [2.24, 2.45) is 0 Å². The topological polar surface area (TPSA) is 47.6 Å². The number of alkyl carbamates (subject to hydrolysis) is 1. The highest BCUT2D eigenvalue weighted by atomic mass is 28.4. The zero-order chi connectivity index (χ0) is 11.7. The summed E-state index contributed by atoms with van der Waals surface area (Å²) >= 11 is 0. The molecule has 0 bridgehead atoms. The maximum atomic E-state index is 10.8. The van der Waals surface area contributed by atoms with Crippen molar-refractivity contribution in [3.63, 3.8) is 0 Å². The van der Waals surface area contributed by atoms with E-state index in [9.17, 15) is 4.79 Å². The van der Waals surface area contributed by atoms with Crippen molar-refractivity contribution in [1.29, 1.82) is 0 Å². The zero-order valence-electron chi connectivity index (χ0n) is 10.2. The third kappa shape index (κ3) is 3.20. The van der Waals surface area contributed by atoms with E-state index in [1.54, 1.807) is 0 Å². The van der Waals surface area contributed by atoms with Crippen LogP contribution in [0.25, 0.3) is 0 Å². The van der Waals surface area contributed by atoms with Gasteiger partial charge in [-0.2, -0.15) is 0 Å². The Morgan fingerprint density at radius 1 is 1.53 bits per heavy atom. The van der Waals surface area contributed by atoms with Gasteiger partial charge in [0, 0.05) is 0 Å². The third-order valence-electron chi connectivity index (χ3n) is 3.18. The van der Waals surface area contributed by atoms with Gasteiger partial charge >= 0.3 is 6.09 Å². The minimum Gasteiger partial charge on any atom is -0.442 e. The Kier molecular flexibility index (Phi) is 3.45. The predicted molar refractivity (Wildman–Crippen MR) is 61.4 cm³/mol. The van der Waals surface area contributed by atoms with Crippen molar-refractivity contribution in [3.05, 3.63) is 0 Å². The lowest BCUT2D eigenvalue weighted by atomic mass is 10.2. The molecule has 0 aromatic heterocycles. The molecular formula is C10H21NO3Si. The summed E-state index contributed by atoms with van der Waals surface area (Å²) in [7, 11) is -1.71. The fourth-order valence-electron chi connectivity index (χ4n) is 1.04. The Hall–Kier alpha value is -0.553. The number of ether oxygens (including phenoxy) is 1. The first-order valence-corrected chi connectivity index (χ1v) is 8.22. The molecule has 4 nitrogen and oxygen atoms in total. The Balaban J connectivity index is 2.40. The van der Waals surface area contributed by atoms with Crippen LogP contribution < -0.4 is 5.32 Å². The summed E-state index contributed by atoms with van der Waals surface area (Å²) in [5.74, 6) is 0. The van der Waals surface area contributed by atoms with Gasteiger partial charge < -0.3 is 14.5 Å². The average Bonchev–Trinajstić information content (AvgIpc) is 2.46. The van der Waals surface area contributed by atoms with Crippen molar-refractivity contribution >= 4 is 14.4 Å². The molecule has 0 aliphatic carbocycles. The van der Waals surface area contributed by atoms with Crippen molar-refractivity contribution in [2.75, 3.05) is 13.2 Å². The van der Waals surface area contributed by atoms with Gasteiger partial charge in [0.05, 0.1) is 13.2 Å². The maximum absolute atomic E-state index is 10.8. The van der Waals surface area contributed by atoms with Gasteiger partial charge in [0.25, 0.3) is 0 Å². The van der Waals surface area contributed by atoms with E-state index in [0.717, 1.165) is 0 Å². The maximum Gasteiger partial charge on any atom is 0.407 e. The molecule has 1 aliphatic rings. The molecular weight excluding hydrogens is 210 g/mol. The van der Waals surface area contributed by atoms with E-state index in [0.29, 0.717) is 13.2 Å². The number of cyclic esters (lactones) is 1. The standard InChI is InChI=1S/C10H21NO3Si/c1-10(2,3)15(4,5)13-7-8-6-11-9(12)14-8/h8H,6-7H2,1-5H3,(H,11,12). The number of amides is 1. The number of nitrogens with one attached hydrogen (secondary N) is 1. The third-order valence-corrected chi connectivity index (χ3v) is 7.68. The monoisotopic (exact) mass is 231 g/mol. The average molecular weight is 231 g/mol. The van der Waals surface area contributed by atoms with Crippen LogP contribution in [0.15, 0.2) is 0 Å². The predicted octanol–water partition coefficient (Wildman–Crippen LogP) is 2.12. The molecule has 0 aromatic carbocycles. The summed E-state index contributed by atoms with van der Waals surface area (Å²) in [4.78, 5) is 10.8. The summed E-state index contributed by atoms with van der Waals surface area (Å²) in [5.41, 5.74) is 0.